The molecule has 1 aromatic heterocycles. The lowest BCUT2D eigenvalue weighted by atomic mass is 10.0. The first-order valence-corrected chi connectivity index (χ1v) is 9.25. The molecule has 4 rings (SSSR count). The van der Waals surface area contributed by atoms with Crippen LogP contribution in [0.25, 0.3) is 0 Å². The van der Waals surface area contributed by atoms with Crippen molar-refractivity contribution in [3.63, 3.8) is 0 Å². The second-order valence-corrected chi connectivity index (χ2v) is 7.29. The van der Waals surface area contributed by atoms with Crippen LogP contribution < -0.4 is 5.32 Å². The van der Waals surface area contributed by atoms with Crippen molar-refractivity contribution in [1.82, 2.24) is 4.57 Å². The highest BCUT2D eigenvalue weighted by Gasteiger charge is 2.33. The number of fused-ring (bicyclic) bond motifs is 1. The van der Waals surface area contributed by atoms with E-state index in [4.69, 9.17) is 11.6 Å². The fourth-order valence-electron chi connectivity index (χ4n) is 3.41. The lowest BCUT2D eigenvalue weighted by Crippen LogP contribution is -2.21. The zero-order valence-corrected chi connectivity index (χ0v) is 15.7. The zero-order chi connectivity index (χ0) is 19.0. The molecule has 0 bridgehead atoms. The van der Waals surface area contributed by atoms with E-state index in [0.29, 0.717) is 35.1 Å². The summed E-state index contributed by atoms with van der Waals surface area (Å²) in [5.74, 6) is -0.207. The molecule has 5 heteroatoms. The van der Waals surface area contributed by atoms with Crippen LogP contribution in [0, 0.1) is 12.8 Å². The number of benzene rings is 2. The molecule has 4 nitrogen and oxygen atoms in total. The molecular weight excluding hydrogens is 360 g/mol. The second-order valence-electron chi connectivity index (χ2n) is 6.86. The van der Waals surface area contributed by atoms with Crippen molar-refractivity contribution in [3.05, 3.63) is 88.2 Å². The molecule has 1 aliphatic heterocycles. The monoisotopic (exact) mass is 378 g/mol. The lowest BCUT2D eigenvalue weighted by molar-refractivity contribution is 0.0941. The number of carbonyl (C=O) groups excluding carboxylic acids is 2. The summed E-state index contributed by atoms with van der Waals surface area (Å²) in [4.78, 5) is 25.5. The van der Waals surface area contributed by atoms with Gasteiger partial charge in [-0.05, 0) is 55.5 Å². The lowest BCUT2D eigenvalue weighted by Gasteiger charge is -2.12. The number of ketones is 2. The third kappa shape index (κ3) is 3.40. The van der Waals surface area contributed by atoms with Crippen LogP contribution in [-0.2, 0) is 6.54 Å². The van der Waals surface area contributed by atoms with Gasteiger partial charge in [-0.25, -0.2) is 0 Å². The number of aromatic nitrogens is 1. The maximum absolute atomic E-state index is 12.8. The average molecular weight is 379 g/mol. The first-order chi connectivity index (χ1) is 13.0. The quantitative estimate of drug-likeness (QED) is 0.660. The van der Waals surface area contributed by atoms with Gasteiger partial charge in [0.15, 0.2) is 5.78 Å². The first-order valence-electron chi connectivity index (χ1n) is 8.87. The van der Waals surface area contributed by atoms with Gasteiger partial charge in [-0.3, -0.25) is 9.59 Å². The maximum Gasteiger partial charge on any atom is 0.209 e. The summed E-state index contributed by atoms with van der Waals surface area (Å²) >= 11 is 5.90. The van der Waals surface area contributed by atoms with Crippen LogP contribution in [0.4, 0.5) is 5.69 Å². The van der Waals surface area contributed by atoms with E-state index in [0.717, 1.165) is 5.69 Å². The molecule has 0 fully saturated rings. The van der Waals surface area contributed by atoms with E-state index in [1.54, 1.807) is 36.4 Å². The van der Waals surface area contributed by atoms with Crippen molar-refractivity contribution in [2.75, 3.05) is 11.9 Å². The fourth-order valence-corrected chi connectivity index (χ4v) is 3.53. The predicted molar refractivity (Wildman–Crippen MR) is 107 cm³/mol. The van der Waals surface area contributed by atoms with Crippen molar-refractivity contribution in [2.45, 2.75) is 13.5 Å². The number of Topliss-reactive ketones (excluding diaryl/α,β-unsaturated/α-hetero) is 1. The third-order valence-electron chi connectivity index (χ3n) is 4.95. The average Bonchev–Trinajstić information content (AvgIpc) is 3.22. The molecule has 1 aliphatic rings. The molecule has 1 atom stereocenters. The van der Waals surface area contributed by atoms with Gasteiger partial charge in [0.1, 0.15) is 0 Å². The molecule has 2 heterocycles. The van der Waals surface area contributed by atoms with Gasteiger partial charge in [-0.1, -0.05) is 29.3 Å². The Hall–Kier alpha value is -2.85. The van der Waals surface area contributed by atoms with Gasteiger partial charge in [-0.2, -0.15) is 0 Å². The molecule has 1 unspecified atom stereocenters. The number of halogens is 1. The van der Waals surface area contributed by atoms with E-state index in [-0.39, 0.29) is 17.5 Å². The summed E-state index contributed by atoms with van der Waals surface area (Å²) in [6.45, 7) is 3.09. The van der Waals surface area contributed by atoms with Crippen molar-refractivity contribution in [1.29, 1.82) is 0 Å². The standard InChI is InChI=1S/C22H19ClN2O2/c1-14-2-8-18(9-3-14)24-12-16-13-25-19(10-11-20(25)22(16)27)21(26)15-4-6-17(23)7-5-15/h2-11,16,24H,12-13H2,1H3. The normalized spacial score (nSPS) is 15.6. The molecule has 0 radical (unpaired) electrons. The Labute approximate surface area is 162 Å². The van der Waals surface area contributed by atoms with Crippen LogP contribution in [0.15, 0.2) is 60.7 Å². The molecule has 136 valence electrons. The number of anilines is 1. The van der Waals surface area contributed by atoms with E-state index in [1.165, 1.54) is 5.56 Å². The van der Waals surface area contributed by atoms with E-state index >= 15 is 0 Å². The Morgan fingerprint density at radius 3 is 2.48 bits per heavy atom. The Bertz CT molecular complexity index is 1000. The number of hydrogen-bond acceptors (Lipinski definition) is 3. The number of carbonyl (C=O) groups is 2. The van der Waals surface area contributed by atoms with E-state index in [9.17, 15) is 9.59 Å². The summed E-state index contributed by atoms with van der Waals surface area (Å²) < 4.78 is 1.83. The fraction of sp³-hybridized carbons (Fsp3) is 0.182. The third-order valence-corrected chi connectivity index (χ3v) is 5.20. The molecule has 0 saturated heterocycles. The van der Waals surface area contributed by atoms with E-state index in [1.807, 2.05) is 35.8 Å². The first kappa shape index (κ1) is 17.6. The minimum absolute atomic E-state index is 0.0739. The Morgan fingerprint density at radius 1 is 1.07 bits per heavy atom. The second kappa shape index (κ2) is 7.05. The van der Waals surface area contributed by atoms with Gasteiger partial charge in [0.25, 0.3) is 0 Å². The van der Waals surface area contributed by atoms with Gasteiger partial charge >= 0.3 is 0 Å². The highest BCUT2D eigenvalue weighted by atomic mass is 35.5. The van der Waals surface area contributed by atoms with E-state index in [2.05, 4.69) is 5.32 Å². The van der Waals surface area contributed by atoms with Gasteiger partial charge < -0.3 is 9.88 Å². The number of rotatable bonds is 5. The highest BCUT2D eigenvalue weighted by Crippen LogP contribution is 2.26. The Balaban J connectivity index is 1.50. The SMILES string of the molecule is Cc1ccc(NCC2Cn3c(C(=O)c4ccc(Cl)cc4)ccc3C2=O)cc1. The van der Waals surface area contributed by atoms with Crippen LogP contribution in [0.5, 0.6) is 0 Å². The molecule has 3 aromatic rings. The van der Waals surface area contributed by atoms with Crippen molar-refractivity contribution in [3.8, 4) is 0 Å². The summed E-state index contributed by atoms with van der Waals surface area (Å²) in [5, 5.41) is 3.91. The Kier molecular flexibility index (Phi) is 4.58. The summed E-state index contributed by atoms with van der Waals surface area (Å²) in [6, 6.07) is 18.4. The van der Waals surface area contributed by atoms with Gasteiger partial charge in [0.2, 0.25) is 5.78 Å². The van der Waals surface area contributed by atoms with Crippen LogP contribution >= 0.6 is 11.6 Å². The van der Waals surface area contributed by atoms with Gasteiger partial charge in [0.05, 0.1) is 17.3 Å². The minimum atomic E-state index is -0.181. The molecule has 0 spiro atoms. The van der Waals surface area contributed by atoms with Crippen LogP contribution in [0.1, 0.15) is 32.1 Å². The molecule has 1 N–H and O–H groups in total. The summed E-state index contributed by atoms with van der Waals surface area (Å²) in [6.07, 6.45) is 0. The number of nitrogens with one attached hydrogen (secondary N) is 1. The smallest absolute Gasteiger partial charge is 0.209 e. The summed E-state index contributed by atoms with van der Waals surface area (Å²) in [7, 11) is 0. The number of aryl methyl sites for hydroxylation is 1. The molecular formula is C22H19ClN2O2. The van der Waals surface area contributed by atoms with Crippen molar-refractivity contribution < 1.29 is 9.59 Å². The molecule has 27 heavy (non-hydrogen) atoms. The van der Waals surface area contributed by atoms with Gasteiger partial charge in [0, 0.05) is 29.4 Å². The van der Waals surface area contributed by atoms with E-state index < -0.39 is 0 Å². The van der Waals surface area contributed by atoms with Crippen molar-refractivity contribution >= 4 is 28.9 Å². The topological polar surface area (TPSA) is 51.1 Å². The zero-order valence-electron chi connectivity index (χ0n) is 14.9. The Morgan fingerprint density at radius 2 is 1.78 bits per heavy atom. The molecule has 0 saturated carbocycles. The van der Waals surface area contributed by atoms with Crippen LogP contribution in [0.2, 0.25) is 5.02 Å². The summed E-state index contributed by atoms with van der Waals surface area (Å²) in [5.41, 5.74) is 3.89. The minimum Gasteiger partial charge on any atom is -0.384 e. The van der Waals surface area contributed by atoms with Gasteiger partial charge in [-0.15, -0.1) is 0 Å². The predicted octanol–water partition coefficient (Wildman–Crippen LogP) is 4.61. The number of hydrogen-bond donors (Lipinski definition) is 1. The number of nitrogens with zero attached hydrogens (tertiary/aromatic N) is 1. The largest absolute Gasteiger partial charge is 0.384 e. The van der Waals surface area contributed by atoms with Crippen molar-refractivity contribution in [2.24, 2.45) is 5.92 Å². The molecule has 0 aliphatic carbocycles. The maximum atomic E-state index is 12.8. The van der Waals surface area contributed by atoms with Crippen LogP contribution in [-0.4, -0.2) is 22.7 Å². The van der Waals surface area contributed by atoms with Crippen LogP contribution in [0.3, 0.4) is 0 Å². The molecule has 0 amide bonds. The highest BCUT2D eigenvalue weighted by molar-refractivity contribution is 6.30. The molecule has 2 aromatic carbocycles.